The molecule has 1 aliphatic carbocycles. The summed E-state index contributed by atoms with van der Waals surface area (Å²) in [4.78, 5) is 28.5. The summed E-state index contributed by atoms with van der Waals surface area (Å²) < 4.78 is 6.18. The van der Waals surface area contributed by atoms with Gasteiger partial charge in [-0.2, -0.15) is 0 Å². The largest absolute Gasteiger partial charge is 0.508 e. The number of fused-ring (bicyclic) bond motifs is 3. The minimum atomic E-state index is -1.55. The van der Waals surface area contributed by atoms with Crippen molar-refractivity contribution in [3.8, 4) is 5.75 Å². The lowest BCUT2D eigenvalue weighted by Crippen LogP contribution is -2.52. The number of carbonyl (C=O) groups excluding carboxylic acids is 2. The van der Waals surface area contributed by atoms with Crippen LogP contribution in [-0.4, -0.2) is 27.8 Å². The molecule has 0 bridgehead atoms. The second-order valence-corrected chi connectivity index (χ2v) is 10.6. The molecular formula is C29H27ClN2O5. The molecule has 0 spiro atoms. The van der Waals surface area contributed by atoms with Gasteiger partial charge >= 0.3 is 0 Å². The Kier molecular flexibility index (Phi) is 5.75. The zero-order chi connectivity index (χ0) is 25.9. The van der Waals surface area contributed by atoms with Gasteiger partial charge in [-0.3, -0.25) is 14.5 Å². The highest BCUT2D eigenvalue weighted by Gasteiger charge is 2.66. The molecular weight excluding hydrogens is 492 g/mol. The van der Waals surface area contributed by atoms with E-state index in [2.05, 4.69) is 5.32 Å². The number of rotatable bonds is 4. The molecule has 6 atom stereocenters. The number of amides is 2. The van der Waals surface area contributed by atoms with Crippen LogP contribution in [0.1, 0.15) is 31.4 Å². The number of ether oxygens (including phenoxy) is 1. The number of aliphatic hydroxyl groups is 1. The summed E-state index contributed by atoms with van der Waals surface area (Å²) in [6.45, 7) is 1.86. The van der Waals surface area contributed by atoms with Gasteiger partial charge < -0.3 is 20.3 Å². The normalized spacial score (nSPS) is 30.8. The predicted octanol–water partition coefficient (Wildman–Crippen LogP) is 5.40. The first-order valence-corrected chi connectivity index (χ1v) is 12.8. The molecule has 0 radical (unpaired) electrons. The standard InChI is InChI=1S/C29H27ClN2O5/c1-16-13-22-26(23-15-25(37-29(16,23)36)21-12-11-20(33)14-24(21)30)28(35)32(27(22)34)19-9-7-18(8-10-19)31-17-5-3-2-4-6-17/h2-12,14,16,22-23,25-26,31,33,36H,13,15H2,1H3/t16-,22-,23-,25-,26-,29+/m0/s1. The van der Waals surface area contributed by atoms with Gasteiger partial charge in [-0.1, -0.05) is 42.8 Å². The number of aromatic hydroxyl groups is 1. The third-order valence-corrected chi connectivity index (χ3v) is 8.40. The molecule has 2 saturated heterocycles. The molecule has 3 aliphatic rings. The number of anilines is 3. The number of hydrogen-bond acceptors (Lipinski definition) is 6. The van der Waals surface area contributed by atoms with Crippen LogP contribution in [0.5, 0.6) is 5.75 Å². The van der Waals surface area contributed by atoms with Crippen molar-refractivity contribution in [1.29, 1.82) is 0 Å². The fourth-order valence-corrected chi connectivity index (χ4v) is 6.55. The summed E-state index contributed by atoms with van der Waals surface area (Å²) >= 11 is 6.36. The maximum atomic E-state index is 13.7. The van der Waals surface area contributed by atoms with Gasteiger partial charge in [0, 0.05) is 23.2 Å². The lowest BCUT2D eigenvalue weighted by atomic mass is 9.65. The molecule has 7 nitrogen and oxygen atoms in total. The van der Waals surface area contributed by atoms with Crippen LogP contribution >= 0.6 is 11.6 Å². The van der Waals surface area contributed by atoms with Gasteiger partial charge in [-0.15, -0.1) is 0 Å². The first-order valence-electron chi connectivity index (χ1n) is 12.4. The zero-order valence-corrected chi connectivity index (χ0v) is 20.9. The number of nitrogens with zero attached hydrogens (tertiary/aromatic N) is 1. The van der Waals surface area contributed by atoms with Crippen molar-refractivity contribution in [1.82, 2.24) is 0 Å². The van der Waals surface area contributed by atoms with E-state index in [4.69, 9.17) is 16.3 Å². The molecule has 3 N–H and O–H groups in total. The predicted molar refractivity (Wildman–Crippen MR) is 139 cm³/mol. The number of phenolic OH excluding ortho intramolecular Hbond substituents is 1. The Balaban J connectivity index is 1.27. The van der Waals surface area contributed by atoms with E-state index < -0.39 is 29.6 Å². The van der Waals surface area contributed by atoms with E-state index in [1.807, 2.05) is 49.4 Å². The van der Waals surface area contributed by atoms with Crippen molar-refractivity contribution >= 4 is 40.5 Å². The van der Waals surface area contributed by atoms with E-state index in [0.717, 1.165) is 11.4 Å². The highest BCUT2D eigenvalue weighted by Crippen LogP contribution is 2.58. The van der Waals surface area contributed by atoms with Crippen LogP contribution in [0.15, 0.2) is 72.8 Å². The van der Waals surface area contributed by atoms with Crippen molar-refractivity contribution < 1.29 is 24.5 Å². The van der Waals surface area contributed by atoms with Crippen molar-refractivity contribution in [2.75, 3.05) is 10.2 Å². The molecule has 8 heteroatoms. The van der Waals surface area contributed by atoms with Crippen LogP contribution in [0, 0.1) is 23.7 Å². The summed E-state index contributed by atoms with van der Waals surface area (Å²) in [5, 5.41) is 25.0. The molecule has 3 aromatic rings. The SMILES string of the molecule is C[C@H]1C[C@@H]2C(=O)N(c3ccc(Nc4ccccc4)cc3)C(=O)[C@@H]2[C@@H]2C[C@@H](c3ccc(O)cc3Cl)O[C@]12O. The molecule has 2 aliphatic heterocycles. The Morgan fingerprint density at radius 3 is 2.38 bits per heavy atom. The minimum Gasteiger partial charge on any atom is -0.508 e. The Bertz CT molecular complexity index is 1360. The van der Waals surface area contributed by atoms with Crippen molar-refractivity contribution in [2.24, 2.45) is 23.7 Å². The fraction of sp³-hybridized carbons (Fsp3) is 0.310. The summed E-state index contributed by atoms with van der Waals surface area (Å²) in [6.07, 6.45) is 0.145. The van der Waals surface area contributed by atoms with E-state index in [0.29, 0.717) is 29.1 Å². The number of hydrogen-bond donors (Lipinski definition) is 3. The van der Waals surface area contributed by atoms with Crippen molar-refractivity contribution in [3.63, 3.8) is 0 Å². The lowest BCUT2D eigenvalue weighted by Gasteiger charge is -2.43. The van der Waals surface area contributed by atoms with E-state index in [1.165, 1.54) is 17.0 Å². The third-order valence-electron chi connectivity index (χ3n) is 8.07. The maximum absolute atomic E-state index is 13.7. The molecule has 3 fully saturated rings. The zero-order valence-electron chi connectivity index (χ0n) is 20.2. The summed E-state index contributed by atoms with van der Waals surface area (Å²) in [7, 11) is 0. The smallest absolute Gasteiger partial charge is 0.238 e. The number of nitrogens with one attached hydrogen (secondary N) is 1. The van der Waals surface area contributed by atoms with E-state index in [-0.39, 0.29) is 23.5 Å². The fourth-order valence-electron chi connectivity index (χ4n) is 6.25. The average molecular weight is 519 g/mol. The van der Waals surface area contributed by atoms with Crippen LogP contribution in [-0.2, 0) is 14.3 Å². The van der Waals surface area contributed by atoms with Gasteiger partial charge in [0.1, 0.15) is 5.75 Å². The Morgan fingerprint density at radius 1 is 0.973 bits per heavy atom. The number of imide groups is 1. The van der Waals surface area contributed by atoms with Crippen molar-refractivity contribution in [3.05, 3.63) is 83.4 Å². The molecule has 190 valence electrons. The highest BCUT2D eigenvalue weighted by atomic mass is 35.5. The maximum Gasteiger partial charge on any atom is 0.238 e. The van der Waals surface area contributed by atoms with Crippen LogP contribution in [0.2, 0.25) is 5.02 Å². The van der Waals surface area contributed by atoms with Crippen LogP contribution in [0.4, 0.5) is 17.1 Å². The van der Waals surface area contributed by atoms with Crippen LogP contribution in [0.3, 0.4) is 0 Å². The number of benzene rings is 3. The van der Waals surface area contributed by atoms with Gasteiger partial charge in [0.25, 0.3) is 0 Å². The number of para-hydroxylation sites is 1. The summed E-state index contributed by atoms with van der Waals surface area (Å²) in [6, 6.07) is 21.6. The van der Waals surface area contributed by atoms with E-state index in [1.54, 1.807) is 18.2 Å². The van der Waals surface area contributed by atoms with Gasteiger partial charge in [0.15, 0.2) is 5.79 Å². The number of phenols is 1. The Hall–Kier alpha value is -3.39. The van der Waals surface area contributed by atoms with Crippen LogP contribution < -0.4 is 10.2 Å². The molecule has 1 saturated carbocycles. The van der Waals surface area contributed by atoms with E-state index >= 15 is 0 Å². The second kappa shape index (κ2) is 8.87. The topological polar surface area (TPSA) is 99.1 Å². The van der Waals surface area contributed by atoms with Gasteiger partial charge in [-0.25, -0.2) is 0 Å². The van der Waals surface area contributed by atoms with Gasteiger partial charge in [0.2, 0.25) is 11.8 Å². The first kappa shape index (κ1) is 24.0. The number of carbonyl (C=O) groups is 2. The molecule has 37 heavy (non-hydrogen) atoms. The Labute approximate surface area is 219 Å². The first-order chi connectivity index (χ1) is 17.8. The lowest BCUT2D eigenvalue weighted by molar-refractivity contribution is -0.265. The molecule has 6 rings (SSSR count). The third kappa shape index (κ3) is 3.89. The molecule has 2 heterocycles. The summed E-state index contributed by atoms with van der Waals surface area (Å²) in [5.74, 6) is -4.18. The average Bonchev–Trinajstić information content (AvgIpc) is 3.35. The van der Waals surface area contributed by atoms with Crippen molar-refractivity contribution in [2.45, 2.75) is 31.7 Å². The molecule has 0 aromatic heterocycles. The second-order valence-electron chi connectivity index (χ2n) is 10.2. The quantitative estimate of drug-likeness (QED) is 0.400. The molecule has 3 aromatic carbocycles. The minimum absolute atomic E-state index is 0.0357. The molecule has 0 unspecified atom stereocenters. The van der Waals surface area contributed by atoms with E-state index in [9.17, 15) is 19.8 Å². The van der Waals surface area contributed by atoms with Gasteiger partial charge in [-0.05, 0) is 66.9 Å². The molecule has 2 amide bonds. The van der Waals surface area contributed by atoms with Gasteiger partial charge in [0.05, 0.1) is 28.6 Å². The summed E-state index contributed by atoms with van der Waals surface area (Å²) in [5.41, 5.74) is 2.93. The Morgan fingerprint density at radius 2 is 1.68 bits per heavy atom. The van der Waals surface area contributed by atoms with Crippen LogP contribution in [0.25, 0.3) is 0 Å². The monoisotopic (exact) mass is 518 g/mol. The number of halogens is 1. The highest BCUT2D eigenvalue weighted by molar-refractivity contribution is 6.31.